The molecule has 0 atom stereocenters. The topological polar surface area (TPSA) is 55.4 Å². The second-order valence-electron chi connectivity index (χ2n) is 6.21. The van der Waals surface area contributed by atoms with Gasteiger partial charge in [0.05, 0.1) is 5.56 Å². The van der Waals surface area contributed by atoms with Crippen LogP contribution >= 0.6 is 0 Å². The quantitative estimate of drug-likeness (QED) is 0.633. The Balaban J connectivity index is 1.51. The van der Waals surface area contributed by atoms with Gasteiger partial charge in [0.15, 0.2) is 6.61 Å². The number of amides is 1. The van der Waals surface area contributed by atoms with Gasteiger partial charge in [-0.1, -0.05) is 60.7 Å². The molecule has 5 heteroatoms. The fraction of sp³-hybridized carbons (Fsp3) is 0.130. The van der Waals surface area contributed by atoms with Crippen molar-refractivity contribution in [2.75, 3.05) is 13.2 Å². The van der Waals surface area contributed by atoms with Gasteiger partial charge in [-0.3, -0.25) is 4.79 Å². The molecule has 3 aromatic rings. The Morgan fingerprint density at radius 2 is 1.54 bits per heavy atom. The summed E-state index contributed by atoms with van der Waals surface area (Å²) in [6, 6.07) is 22.7. The number of hydrogen-bond donors (Lipinski definition) is 1. The van der Waals surface area contributed by atoms with Gasteiger partial charge < -0.3 is 10.1 Å². The Kier molecular flexibility index (Phi) is 6.52. The smallest absolute Gasteiger partial charge is 0.339 e. The number of halogens is 1. The number of esters is 1. The maximum Gasteiger partial charge on any atom is 0.339 e. The highest BCUT2D eigenvalue weighted by Gasteiger charge is 2.15. The van der Waals surface area contributed by atoms with E-state index in [2.05, 4.69) is 5.32 Å². The molecule has 28 heavy (non-hydrogen) atoms. The van der Waals surface area contributed by atoms with Crippen molar-refractivity contribution in [3.63, 3.8) is 0 Å². The first kappa shape index (κ1) is 19.3. The van der Waals surface area contributed by atoms with E-state index in [1.54, 1.807) is 24.3 Å². The summed E-state index contributed by atoms with van der Waals surface area (Å²) in [7, 11) is 0. The van der Waals surface area contributed by atoms with Crippen molar-refractivity contribution in [1.82, 2.24) is 5.32 Å². The van der Waals surface area contributed by atoms with Crippen LogP contribution in [0.15, 0.2) is 78.9 Å². The van der Waals surface area contributed by atoms with Crippen LogP contribution in [0.3, 0.4) is 0 Å². The molecule has 0 aromatic heterocycles. The first-order valence-corrected chi connectivity index (χ1v) is 8.96. The standard InChI is InChI=1S/C23H20FNO3/c24-19-12-10-17(11-13-19)14-15-25-22(26)16-28-23(27)21-9-5-4-8-20(21)18-6-2-1-3-7-18/h1-13H,14-16H2,(H,25,26). The number of nitrogens with one attached hydrogen (secondary N) is 1. The van der Waals surface area contributed by atoms with Crippen LogP contribution in [0.1, 0.15) is 15.9 Å². The molecule has 3 rings (SSSR count). The molecular formula is C23H20FNO3. The van der Waals surface area contributed by atoms with E-state index in [4.69, 9.17) is 4.74 Å². The Labute approximate surface area is 163 Å². The van der Waals surface area contributed by atoms with Crippen molar-refractivity contribution >= 4 is 11.9 Å². The molecule has 1 amide bonds. The van der Waals surface area contributed by atoms with Gasteiger partial charge in [0.2, 0.25) is 0 Å². The summed E-state index contributed by atoms with van der Waals surface area (Å²) in [5, 5.41) is 2.69. The summed E-state index contributed by atoms with van der Waals surface area (Å²) in [5.74, 6) is -1.23. The van der Waals surface area contributed by atoms with E-state index < -0.39 is 5.97 Å². The van der Waals surface area contributed by atoms with Crippen molar-refractivity contribution in [1.29, 1.82) is 0 Å². The van der Waals surface area contributed by atoms with E-state index in [1.807, 2.05) is 42.5 Å². The normalized spacial score (nSPS) is 10.3. The van der Waals surface area contributed by atoms with Crippen molar-refractivity contribution in [2.45, 2.75) is 6.42 Å². The molecule has 0 fully saturated rings. The van der Waals surface area contributed by atoms with E-state index >= 15 is 0 Å². The lowest BCUT2D eigenvalue weighted by Gasteiger charge is -2.10. The summed E-state index contributed by atoms with van der Waals surface area (Å²) in [6.07, 6.45) is 0.566. The summed E-state index contributed by atoms with van der Waals surface area (Å²) in [6.45, 7) is 0.0218. The Morgan fingerprint density at radius 3 is 2.29 bits per heavy atom. The lowest BCUT2D eigenvalue weighted by molar-refractivity contribution is -0.124. The number of carbonyl (C=O) groups is 2. The number of benzene rings is 3. The van der Waals surface area contributed by atoms with Crippen molar-refractivity contribution in [2.24, 2.45) is 0 Å². The van der Waals surface area contributed by atoms with Gasteiger partial charge in [-0.15, -0.1) is 0 Å². The van der Waals surface area contributed by atoms with Gasteiger partial charge >= 0.3 is 5.97 Å². The molecule has 0 aliphatic rings. The zero-order valence-corrected chi connectivity index (χ0v) is 15.2. The number of rotatable bonds is 7. The van der Waals surface area contributed by atoms with Crippen LogP contribution in [0.25, 0.3) is 11.1 Å². The molecule has 142 valence electrons. The van der Waals surface area contributed by atoms with Crippen LogP contribution in [0, 0.1) is 5.82 Å². The van der Waals surface area contributed by atoms with E-state index in [9.17, 15) is 14.0 Å². The third kappa shape index (κ3) is 5.27. The fourth-order valence-electron chi connectivity index (χ4n) is 2.79. The third-order valence-corrected chi connectivity index (χ3v) is 4.22. The summed E-state index contributed by atoms with van der Waals surface area (Å²) in [4.78, 5) is 24.4. The van der Waals surface area contributed by atoms with Gasteiger partial charge in [0.1, 0.15) is 5.82 Å². The number of carbonyl (C=O) groups excluding carboxylic acids is 2. The van der Waals surface area contributed by atoms with Gasteiger partial charge in [-0.2, -0.15) is 0 Å². The number of hydrogen-bond acceptors (Lipinski definition) is 3. The van der Waals surface area contributed by atoms with Crippen molar-refractivity contribution < 1.29 is 18.7 Å². The predicted octanol–water partition coefficient (Wildman–Crippen LogP) is 4.01. The summed E-state index contributed by atoms with van der Waals surface area (Å²) < 4.78 is 18.0. The Morgan fingerprint density at radius 1 is 0.857 bits per heavy atom. The monoisotopic (exact) mass is 377 g/mol. The Bertz CT molecular complexity index is 940. The minimum Gasteiger partial charge on any atom is -0.452 e. The Hall–Kier alpha value is -3.47. The largest absolute Gasteiger partial charge is 0.452 e. The van der Waals surface area contributed by atoms with Gasteiger partial charge in [-0.05, 0) is 41.3 Å². The first-order chi connectivity index (χ1) is 13.6. The van der Waals surface area contributed by atoms with E-state index in [0.717, 1.165) is 16.7 Å². The average Bonchev–Trinajstić information content (AvgIpc) is 2.74. The van der Waals surface area contributed by atoms with Crippen LogP contribution in [0.5, 0.6) is 0 Å². The van der Waals surface area contributed by atoms with Crippen molar-refractivity contribution in [3.05, 3.63) is 95.8 Å². The maximum absolute atomic E-state index is 12.9. The van der Waals surface area contributed by atoms with E-state index in [-0.39, 0.29) is 18.3 Å². The highest BCUT2D eigenvalue weighted by molar-refractivity contribution is 5.98. The van der Waals surface area contributed by atoms with Crippen LogP contribution in [-0.4, -0.2) is 25.0 Å². The molecule has 0 saturated heterocycles. The maximum atomic E-state index is 12.9. The minimum absolute atomic E-state index is 0.296. The van der Waals surface area contributed by atoms with Crippen molar-refractivity contribution in [3.8, 4) is 11.1 Å². The number of ether oxygens (including phenoxy) is 1. The summed E-state index contributed by atoms with van der Waals surface area (Å²) >= 11 is 0. The molecule has 3 aromatic carbocycles. The van der Waals surface area contributed by atoms with Gasteiger partial charge in [0, 0.05) is 6.54 Å². The third-order valence-electron chi connectivity index (χ3n) is 4.22. The molecule has 0 saturated carbocycles. The van der Waals surface area contributed by atoms with Crippen LogP contribution in [0.2, 0.25) is 0 Å². The van der Waals surface area contributed by atoms with E-state index in [0.29, 0.717) is 18.5 Å². The highest BCUT2D eigenvalue weighted by Crippen LogP contribution is 2.23. The second kappa shape index (κ2) is 9.46. The molecule has 0 unspecified atom stereocenters. The summed E-state index contributed by atoms with van der Waals surface area (Å²) in [5.41, 5.74) is 2.98. The lowest BCUT2D eigenvalue weighted by Crippen LogP contribution is -2.30. The molecule has 0 radical (unpaired) electrons. The SMILES string of the molecule is O=C(COC(=O)c1ccccc1-c1ccccc1)NCCc1ccc(F)cc1. The van der Waals surface area contributed by atoms with E-state index in [1.165, 1.54) is 12.1 Å². The average molecular weight is 377 g/mol. The molecule has 0 aliphatic carbocycles. The molecule has 4 nitrogen and oxygen atoms in total. The van der Waals surface area contributed by atoms with Crippen LogP contribution < -0.4 is 5.32 Å². The van der Waals surface area contributed by atoms with Gasteiger partial charge in [0.25, 0.3) is 5.91 Å². The highest BCUT2D eigenvalue weighted by atomic mass is 19.1. The first-order valence-electron chi connectivity index (χ1n) is 8.96. The predicted molar refractivity (Wildman–Crippen MR) is 105 cm³/mol. The second-order valence-corrected chi connectivity index (χ2v) is 6.21. The lowest BCUT2D eigenvalue weighted by atomic mass is 10.00. The molecule has 0 spiro atoms. The van der Waals surface area contributed by atoms with Crippen LogP contribution in [0.4, 0.5) is 4.39 Å². The molecular weight excluding hydrogens is 357 g/mol. The molecule has 0 heterocycles. The zero-order chi connectivity index (χ0) is 19.8. The molecule has 1 N–H and O–H groups in total. The zero-order valence-electron chi connectivity index (χ0n) is 15.2. The molecule has 0 aliphatic heterocycles. The van der Waals surface area contributed by atoms with Gasteiger partial charge in [-0.25, -0.2) is 9.18 Å². The minimum atomic E-state index is -0.548. The van der Waals surface area contributed by atoms with Crippen LogP contribution in [-0.2, 0) is 16.0 Å². The fourth-order valence-corrected chi connectivity index (χ4v) is 2.79. The molecule has 0 bridgehead atoms.